The van der Waals surface area contributed by atoms with E-state index in [0.29, 0.717) is 6.54 Å². The minimum absolute atomic E-state index is 0.701. The Morgan fingerprint density at radius 3 is 2.94 bits per heavy atom. The van der Waals surface area contributed by atoms with Crippen molar-refractivity contribution in [3.8, 4) is 0 Å². The summed E-state index contributed by atoms with van der Waals surface area (Å²) in [5, 5.41) is 3.93. The van der Waals surface area contributed by atoms with E-state index in [9.17, 15) is 0 Å². The van der Waals surface area contributed by atoms with E-state index >= 15 is 0 Å². The summed E-state index contributed by atoms with van der Waals surface area (Å²) < 4.78 is 0. The molecular formula is C13H18ClN3. The van der Waals surface area contributed by atoms with Gasteiger partial charge in [-0.2, -0.15) is 0 Å². The zero-order chi connectivity index (χ0) is 12.7. The number of nitrogens with one attached hydrogen (secondary N) is 1. The predicted octanol–water partition coefficient (Wildman–Crippen LogP) is 2.53. The first kappa shape index (κ1) is 13.6. The Morgan fingerprint density at radius 1 is 1.59 bits per heavy atom. The Hall–Kier alpha value is -1.48. The minimum atomic E-state index is 0.701. The van der Waals surface area contributed by atoms with Gasteiger partial charge in [-0.15, -0.1) is 6.58 Å². The highest BCUT2D eigenvalue weighted by atomic mass is 35.5. The third-order valence-electron chi connectivity index (χ3n) is 2.29. The van der Waals surface area contributed by atoms with Gasteiger partial charge >= 0.3 is 0 Å². The summed E-state index contributed by atoms with van der Waals surface area (Å²) >= 11 is 5.95. The molecule has 0 amide bonds. The maximum atomic E-state index is 5.95. The van der Waals surface area contributed by atoms with E-state index in [-0.39, 0.29) is 0 Å². The first-order valence-corrected chi connectivity index (χ1v) is 5.82. The fourth-order valence-electron chi connectivity index (χ4n) is 1.53. The van der Waals surface area contributed by atoms with Gasteiger partial charge in [0.05, 0.1) is 0 Å². The van der Waals surface area contributed by atoms with Crippen LogP contribution in [0.15, 0.2) is 41.9 Å². The SMILES string of the molecule is C=CCNC(=NC)N(C)Cc1cccc(Cl)c1. The molecule has 1 N–H and O–H groups in total. The second-order valence-electron chi connectivity index (χ2n) is 3.70. The van der Waals surface area contributed by atoms with E-state index in [4.69, 9.17) is 11.6 Å². The van der Waals surface area contributed by atoms with Crippen LogP contribution in [0.3, 0.4) is 0 Å². The molecule has 0 aliphatic carbocycles. The van der Waals surface area contributed by atoms with Crippen molar-refractivity contribution in [3.05, 3.63) is 47.5 Å². The van der Waals surface area contributed by atoms with Crippen molar-refractivity contribution in [3.63, 3.8) is 0 Å². The topological polar surface area (TPSA) is 27.6 Å². The van der Waals surface area contributed by atoms with Gasteiger partial charge < -0.3 is 10.2 Å². The molecule has 0 atom stereocenters. The number of benzene rings is 1. The van der Waals surface area contributed by atoms with E-state index in [1.807, 2.05) is 36.2 Å². The molecule has 1 aromatic carbocycles. The molecule has 0 spiro atoms. The van der Waals surface area contributed by atoms with Crippen LogP contribution in [0, 0.1) is 0 Å². The molecule has 0 aromatic heterocycles. The molecule has 1 rings (SSSR count). The van der Waals surface area contributed by atoms with E-state index in [0.717, 1.165) is 23.1 Å². The van der Waals surface area contributed by atoms with Crippen molar-refractivity contribution in [1.29, 1.82) is 0 Å². The van der Waals surface area contributed by atoms with E-state index in [2.05, 4.69) is 16.9 Å². The summed E-state index contributed by atoms with van der Waals surface area (Å²) in [5.74, 6) is 0.838. The van der Waals surface area contributed by atoms with Gasteiger partial charge in [0.1, 0.15) is 0 Å². The lowest BCUT2D eigenvalue weighted by Gasteiger charge is -2.21. The number of hydrogen-bond acceptors (Lipinski definition) is 1. The summed E-state index contributed by atoms with van der Waals surface area (Å²) in [4.78, 5) is 6.23. The lowest BCUT2D eigenvalue weighted by Crippen LogP contribution is -2.38. The second-order valence-corrected chi connectivity index (χ2v) is 4.14. The molecular weight excluding hydrogens is 234 g/mol. The van der Waals surface area contributed by atoms with Crippen molar-refractivity contribution in [2.45, 2.75) is 6.54 Å². The Bertz CT molecular complexity index is 401. The van der Waals surface area contributed by atoms with Gasteiger partial charge in [0.25, 0.3) is 0 Å². The maximum Gasteiger partial charge on any atom is 0.193 e. The Labute approximate surface area is 108 Å². The minimum Gasteiger partial charge on any atom is -0.353 e. The summed E-state index contributed by atoms with van der Waals surface area (Å²) in [5.41, 5.74) is 1.15. The average Bonchev–Trinajstić information content (AvgIpc) is 2.30. The zero-order valence-corrected chi connectivity index (χ0v) is 11.0. The molecule has 0 heterocycles. The van der Waals surface area contributed by atoms with Gasteiger partial charge in [-0.3, -0.25) is 4.99 Å². The molecule has 0 aliphatic rings. The Balaban J connectivity index is 2.64. The number of rotatable bonds is 4. The molecule has 0 bridgehead atoms. The molecule has 0 saturated heterocycles. The molecule has 4 heteroatoms. The molecule has 0 radical (unpaired) electrons. The van der Waals surface area contributed by atoms with Crippen LogP contribution in [-0.4, -0.2) is 31.5 Å². The first-order chi connectivity index (χ1) is 8.17. The summed E-state index contributed by atoms with van der Waals surface area (Å²) in [7, 11) is 3.75. The zero-order valence-electron chi connectivity index (χ0n) is 10.3. The van der Waals surface area contributed by atoms with Crippen LogP contribution in [0.25, 0.3) is 0 Å². The second kappa shape index (κ2) is 6.97. The van der Waals surface area contributed by atoms with Crippen LogP contribution in [0.4, 0.5) is 0 Å². The molecule has 17 heavy (non-hydrogen) atoms. The smallest absolute Gasteiger partial charge is 0.193 e. The maximum absolute atomic E-state index is 5.95. The van der Waals surface area contributed by atoms with Crippen molar-refractivity contribution >= 4 is 17.6 Å². The average molecular weight is 252 g/mol. The number of hydrogen-bond donors (Lipinski definition) is 1. The fourth-order valence-corrected chi connectivity index (χ4v) is 1.75. The highest BCUT2D eigenvalue weighted by Gasteiger charge is 2.05. The lowest BCUT2D eigenvalue weighted by atomic mass is 10.2. The number of nitrogens with zero attached hydrogens (tertiary/aromatic N) is 2. The van der Waals surface area contributed by atoms with E-state index in [1.54, 1.807) is 13.1 Å². The van der Waals surface area contributed by atoms with Crippen molar-refractivity contribution in [2.75, 3.05) is 20.6 Å². The number of guanidine groups is 1. The molecule has 0 unspecified atom stereocenters. The van der Waals surface area contributed by atoms with Crippen LogP contribution in [0.5, 0.6) is 0 Å². The van der Waals surface area contributed by atoms with Crippen LogP contribution < -0.4 is 5.32 Å². The quantitative estimate of drug-likeness (QED) is 0.506. The van der Waals surface area contributed by atoms with Gasteiger partial charge in [-0.1, -0.05) is 29.8 Å². The van der Waals surface area contributed by atoms with E-state index < -0.39 is 0 Å². The summed E-state index contributed by atoms with van der Waals surface area (Å²) in [6.45, 7) is 5.13. The molecule has 1 aromatic rings. The lowest BCUT2D eigenvalue weighted by molar-refractivity contribution is 0.480. The Kier molecular flexibility index (Phi) is 5.57. The third kappa shape index (κ3) is 4.49. The summed E-state index contributed by atoms with van der Waals surface area (Å²) in [6, 6.07) is 7.82. The number of halogens is 1. The van der Waals surface area contributed by atoms with Crippen molar-refractivity contribution in [1.82, 2.24) is 10.2 Å². The fraction of sp³-hybridized carbons (Fsp3) is 0.308. The highest BCUT2D eigenvalue weighted by molar-refractivity contribution is 6.30. The van der Waals surface area contributed by atoms with Gasteiger partial charge in [-0.05, 0) is 17.7 Å². The highest BCUT2D eigenvalue weighted by Crippen LogP contribution is 2.12. The monoisotopic (exact) mass is 251 g/mol. The van der Waals surface area contributed by atoms with E-state index in [1.165, 1.54) is 0 Å². The summed E-state index contributed by atoms with van der Waals surface area (Å²) in [6.07, 6.45) is 1.80. The third-order valence-corrected chi connectivity index (χ3v) is 2.52. The standard InChI is InChI=1S/C13H18ClN3/c1-4-8-16-13(15-2)17(3)10-11-6-5-7-12(14)9-11/h4-7,9H,1,8,10H2,2-3H3,(H,15,16). The molecule has 92 valence electrons. The largest absolute Gasteiger partial charge is 0.353 e. The molecule has 0 saturated carbocycles. The normalized spacial score (nSPS) is 11.1. The van der Waals surface area contributed by atoms with Gasteiger partial charge in [-0.25, -0.2) is 0 Å². The van der Waals surface area contributed by atoms with Crippen LogP contribution in [0.1, 0.15) is 5.56 Å². The predicted molar refractivity (Wildman–Crippen MR) is 74.5 cm³/mol. The van der Waals surface area contributed by atoms with Crippen molar-refractivity contribution < 1.29 is 0 Å². The number of aliphatic imine (C=N–C) groups is 1. The Morgan fingerprint density at radius 2 is 2.35 bits per heavy atom. The molecule has 0 aliphatic heterocycles. The van der Waals surface area contributed by atoms with Gasteiger partial charge in [0.2, 0.25) is 0 Å². The first-order valence-electron chi connectivity index (χ1n) is 5.44. The van der Waals surface area contributed by atoms with Gasteiger partial charge in [0.15, 0.2) is 5.96 Å². The van der Waals surface area contributed by atoms with Crippen LogP contribution in [-0.2, 0) is 6.54 Å². The molecule has 0 fully saturated rings. The van der Waals surface area contributed by atoms with Crippen LogP contribution >= 0.6 is 11.6 Å². The van der Waals surface area contributed by atoms with Crippen molar-refractivity contribution in [2.24, 2.45) is 4.99 Å². The van der Waals surface area contributed by atoms with Crippen LogP contribution in [0.2, 0.25) is 5.02 Å². The van der Waals surface area contributed by atoms with Gasteiger partial charge in [0, 0.05) is 32.2 Å². The molecule has 3 nitrogen and oxygen atoms in total.